The number of nitrogens with one attached hydrogen (secondary N) is 1. The van der Waals surface area contributed by atoms with E-state index in [1.165, 1.54) is 0 Å². The summed E-state index contributed by atoms with van der Waals surface area (Å²) >= 11 is 0. The standard InChI is InChI=1S/C20H23N3O4/c1-5-26-19(24)15-12(4)23-18(22)17(20(25)27-11(2)3)16(15)14-9-7-6-8-13(14)10-21/h6-9,11,16,23H,5,22H2,1-4H3. The molecule has 1 unspecified atom stereocenters. The molecule has 27 heavy (non-hydrogen) atoms. The fourth-order valence-corrected chi connectivity index (χ4v) is 3.00. The summed E-state index contributed by atoms with van der Waals surface area (Å²) in [5, 5.41) is 12.4. The highest BCUT2D eigenvalue weighted by Crippen LogP contribution is 2.39. The summed E-state index contributed by atoms with van der Waals surface area (Å²) in [6, 6.07) is 8.86. The van der Waals surface area contributed by atoms with E-state index in [0.29, 0.717) is 16.8 Å². The zero-order valence-corrected chi connectivity index (χ0v) is 15.8. The zero-order chi connectivity index (χ0) is 20.1. The molecule has 0 spiro atoms. The quantitative estimate of drug-likeness (QED) is 0.765. The number of nitrogens with two attached hydrogens (primary N) is 1. The van der Waals surface area contributed by atoms with Gasteiger partial charge in [-0.3, -0.25) is 0 Å². The summed E-state index contributed by atoms with van der Waals surface area (Å²) in [5.74, 6) is -2.01. The summed E-state index contributed by atoms with van der Waals surface area (Å²) in [6.07, 6.45) is -0.372. The van der Waals surface area contributed by atoms with Crippen molar-refractivity contribution in [3.63, 3.8) is 0 Å². The van der Waals surface area contributed by atoms with Crippen molar-refractivity contribution in [2.45, 2.75) is 39.7 Å². The van der Waals surface area contributed by atoms with E-state index >= 15 is 0 Å². The molecule has 0 aromatic heterocycles. The highest BCUT2D eigenvalue weighted by molar-refractivity contribution is 6.00. The van der Waals surface area contributed by atoms with Crippen LogP contribution in [0.4, 0.5) is 0 Å². The minimum atomic E-state index is -0.868. The van der Waals surface area contributed by atoms with Crippen LogP contribution in [-0.2, 0) is 19.1 Å². The number of nitriles is 1. The van der Waals surface area contributed by atoms with Crippen molar-refractivity contribution in [1.82, 2.24) is 5.32 Å². The van der Waals surface area contributed by atoms with Gasteiger partial charge in [0.25, 0.3) is 0 Å². The number of hydrogen-bond donors (Lipinski definition) is 2. The fraction of sp³-hybridized carbons (Fsp3) is 0.350. The van der Waals surface area contributed by atoms with Gasteiger partial charge in [-0.05, 0) is 39.3 Å². The molecule has 0 amide bonds. The lowest BCUT2D eigenvalue weighted by Crippen LogP contribution is -2.37. The van der Waals surface area contributed by atoms with Gasteiger partial charge in [0.1, 0.15) is 5.82 Å². The second-order valence-corrected chi connectivity index (χ2v) is 6.30. The number of rotatable bonds is 5. The summed E-state index contributed by atoms with van der Waals surface area (Å²) in [6.45, 7) is 6.98. The molecule has 1 heterocycles. The van der Waals surface area contributed by atoms with E-state index in [0.717, 1.165) is 0 Å². The molecule has 142 valence electrons. The second-order valence-electron chi connectivity index (χ2n) is 6.30. The first-order valence-electron chi connectivity index (χ1n) is 8.66. The Morgan fingerprint density at radius 2 is 1.93 bits per heavy atom. The molecule has 1 atom stereocenters. The molecule has 1 aliphatic heterocycles. The number of ether oxygens (including phenoxy) is 2. The third kappa shape index (κ3) is 4.11. The van der Waals surface area contributed by atoms with Gasteiger partial charge in [-0.2, -0.15) is 5.26 Å². The van der Waals surface area contributed by atoms with Gasteiger partial charge in [-0.15, -0.1) is 0 Å². The Morgan fingerprint density at radius 3 is 2.52 bits per heavy atom. The molecule has 7 nitrogen and oxygen atoms in total. The van der Waals surface area contributed by atoms with Crippen LogP contribution in [0.3, 0.4) is 0 Å². The number of carbonyl (C=O) groups is 2. The first-order chi connectivity index (χ1) is 12.8. The first-order valence-corrected chi connectivity index (χ1v) is 8.66. The number of allylic oxidation sites excluding steroid dienone is 1. The van der Waals surface area contributed by atoms with Crippen molar-refractivity contribution in [1.29, 1.82) is 5.26 Å². The van der Waals surface area contributed by atoms with Crippen LogP contribution in [0.25, 0.3) is 0 Å². The van der Waals surface area contributed by atoms with Gasteiger partial charge in [0.15, 0.2) is 0 Å². The van der Waals surface area contributed by atoms with E-state index in [9.17, 15) is 14.9 Å². The molecular formula is C20H23N3O4. The molecule has 0 saturated heterocycles. The molecule has 3 N–H and O–H groups in total. The number of carbonyl (C=O) groups excluding carboxylic acids is 2. The maximum absolute atomic E-state index is 12.8. The SMILES string of the molecule is CCOC(=O)C1=C(C)NC(N)=C(C(=O)OC(C)C)C1c1ccccc1C#N. The fourth-order valence-electron chi connectivity index (χ4n) is 3.00. The van der Waals surface area contributed by atoms with Crippen molar-refractivity contribution in [3.05, 3.63) is 58.1 Å². The van der Waals surface area contributed by atoms with Crippen molar-refractivity contribution in [3.8, 4) is 6.07 Å². The average molecular weight is 369 g/mol. The van der Waals surface area contributed by atoms with E-state index in [1.54, 1.807) is 52.0 Å². The third-order valence-corrected chi connectivity index (χ3v) is 4.04. The number of nitrogens with zero attached hydrogens (tertiary/aromatic N) is 1. The van der Waals surface area contributed by atoms with Gasteiger partial charge in [0.2, 0.25) is 0 Å². The van der Waals surface area contributed by atoms with Crippen LogP contribution in [0.5, 0.6) is 0 Å². The Morgan fingerprint density at radius 1 is 1.26 bits per heavy atom. The van der Waals surface area contributed by atoms with Gasteiger partial charge in [-0.1, -0.05) is 18.2 Å². The molecule has 1 aliphatic rings. The molecule has 2 rings (SSSR count). The Hall–Kier alpha value is -3.27. The predicted molar refractivity (Wildman–Crippen MR) is 98.8 cm³/mol. The summed E-state index contributed by atoms with van der Waals surface area (Å²) in [5.41, 5.74) is 7.70. The van der Waals surface area contributed by atoms with Crippen molar-refractivity contribution in [2.24, 2.45) is 5.73 Å². The number of dihydropyridines is 1. The molecule has 1 aromatic carbocycles. The van der Waals surface area contributed by atoms with E-state index in [4.69, 9.17) is 15.2 Å². The van der Waals surface area contributed by atoms with E-state index in [-0.39, 0.29) is 29.7 Å². The minimum Gasteiger partial charge on any atom is -0.463 e. The number of benzene rings is 1. The van der Waals surface area contributed by atoms with Crippen LogP contribution in [0.2, 0.25) is 0 Å². The molecule has 1 aromatic rings. The number of esters is 2. The van der Waals surface area contributed by atoms with Crippen LogP contribution in [0, 0.1) is 11.3 Å². The summed E-state index contributed by atoms with van der Waals surface area (Å²) in [4.78, 5) is 25.4. The predicted octanol–water partition coefficient (Wildman–Crippen LogP) is 2.20. The maximum Gasteiger partial charge on any atom is 0.338 e. The van der Waals surface area contributed by atoms with Gasteiger partial charge in [0, 0.05) is 5.70 Å². The molecule has 0 aliphatic carbocycles. The van der Waals surface area contributed by atoms with E-state index in [2.05, 4.69) is 11.4 Å². The zero-order valence-electron chi connectivity index (χ0n) is 15.8. The largest absolute Gasteiger partial charge is 0.463 e. The lowest BCUT2D eigenvalue weighted by atomic mass is 9.79. The Labute approximate surface area is 158 Å². The van der Waals surface area contributed by atoms with Crippen molar-refractivity contribution in [2.75, 3.05) is 6.61 Å². The summed E-state index contributed by atoms with van der Waals surface area (Å²) < 4.78 is 10.5. The molecule has 7 heteroatoms. The van der Waals surface area contributed by atoms with Crippen molar-refractivity contribution < 1.29 is 19.1 Å². The molecule has 0 saturated carbocycles. The van der Waals surface area contributed by atoms with E-state index < -0.39 is 17.9 Å². The van der Waals surface area contributed by atoms with Crippen LogP contribution in [0.1, 0.15) is 44.7 Å². The number of hydrogen-bond acceptors (Lipinski definition) is 7. The molecule has 0 fully saturated rings. The third-order valence-electron chi connectivity index (χ3n) is 4.04. The highest BCUT2D eigenvalue weighted by atomic mass is 16.5. The topological polar surface area (TPSA) is 114 Å². The Bertz CT molecular complexity index is 862. The second kappa shape index (κ2) is 8.41. The molecule has 0 bridgehead atoms. The molecular weight excluding hydrogens is 346 g/mol. The van der Waals surface area contributed by atoms with Gasteiger partial charge >= 0.3 is 11.9 Å². The Kier molecular flexibility index (Phi) is 6.24. The first kappa shape index (κ1) is 20.0. The Balaban J connectivity index is 2.71. The van der Waals surface area contributed by atoms with Gasteiger partial charge in [0.05, 0.1) is 41.4 Å². The lowest BCUT2D eigenvalue weighted by Gasteiger charge is -2.30. The maximum atomic E-state index is 12.8. The highest BCUT2D eigenvalue weighted by Gasteiger charge is 2.39. The van der Waals surface area contributed by atoms with Crippen LogP contribution >= 0.6 is 0 Å². The van der Waals surface area contributed by atoms with Gasteiger partial charge in [-0.25, -0.2) is 9.59 Å². The minimum absolute atomic E-state index is 0.0834. The summed E-state index contributed by atoms with van der Waals surface area (Å²) in [7, 11) is 0. The van der Waals surface area contributed by atoms with Crippen LogP contribution < -0.4 is 11.1 Å². The monoisotopic (exact) mass is 369 g/mol. The average Bonchev–Trinajstić information content (AvgIpc) is 2.60. The van der Waals surface area contributed by atoms with E-state index in [1.807, 2.05) is 0 Å². The van der Waals surface area contributed by atoms with Gasteiger partial charge < -0.3 is 20.5 Å². The van der Waals surface area contributed by atoms with Crippen molar-refractivity contribution >= 4 is 11.9 Å². The molecule has 0 radical (unpaired) electrons. The van der Waals surface area contributed by atoms with Crippen LogP contribution in [0.15, 0.2) is 46.9 Å². The normalized spacial score (nSPS) is 16.7. The van der Waals surface area contributed by atoms with Crippen LogP contribution in [-0.4, -0.2) is 24.6 Å². The lowest BCUT2D eigenvalue weighted by molar-refractivity contribution is -0.143. The smallest absolute Gasteiger partial charge is 0.338 e.